The lowest BCUT2D eigenvalue weighted by Gasteiger charge is -2.31. The quantitative estimate of drug-likeness (QED) is 0.504. The zero-order valence-corrected chi connectivity index (χ0v) is 20.8. The van der Waals surface area contributed by atoms with Crippen LogP contribution in [0.15, 0.2) is 42.5 Å². The summed E-state index contributed by atoms with van der Waals surface area (Å²) in [6.07, 6.45) is 1.17. The van der Waals surface area contributed by atoms with E-state index in [1.54, 1.807) is 17.0 Å². The third kappa shape index (κ3) is 8.08. The van der Waals surface area contributed by atoms with Gasteiger partial charge in [0.15, 0.2) is 0 Å². The Hall–Kier alpha value is -3.09. The predicted octanol–water partition coefficient (Wildman–Crippen LogP) is 6.10. The molecule has 0 aliphatic carbocycles. The Bertz CT molecular complexity index is 969. The standard InChI is InChI=1S/C26H37FN4O2/c1-8-18(2)31(25(33)29-21-11-9-10-20(27)15-21)17-19-14-22(12-13-23(19)30(6)7)28-24(32)16-26(3,4)5/h9-15,18H,8,16-17H2,1-7H3,(H,28,32)(H,29,33)/t18-/m0/s1. The first-order valence-electron chi connectivity index (χ1n) is 11.3. The molecule has 0 saturated carbocycles. The van der Waals surface area contributed by atoms with Gasteiger partial charge in [-0.15, -0.1) is 0 Å². The molecular formula is C26H37FN4O2. The second kappa shape index (κ2) is 11.2. The lowest BCUT2D eigenvalue weighted by atomic mass is 9.92. The molecule has 0 aliphatic heterocycles. The van der Waals surface area contributed by atoms with Gasteiger partial charge < -0.3 is 20.4 Å². The van der Waals surface area contributed by atoms with E-state index in [0.29, 0.717) is 24.3 Å². The van der Waals surface area contributed by atoms with Crippen LogP contribution in [0, 0.1) is 11.2 Å². The average Bonchev–Trinajstić information content (AvgIpc) is 2.69. The summed E-state index contributed by atoms with van der Waals surface area (Å²) in [4.78, 5) is 29.3. The highest BCUT2D eigenvalue weighted by Gasteiger charge is 2.22. The molecule has 7 heteroatoms. The Morgan fingerprint density at radius 3 is 2.27 bits per heavy atom. The molecule has 0 bridgehead atoms. The Kier molecular flexibility index (Phi) is 8.85. The molecule has 0 unspecified atom stereocenters. The number of hydrogen-bond donors (Lipinski definition) is 2. The summed E-state index contributed by atoms with van der Waals surface area (Å²) in [7, 11) is 3.88. The van der Waals surface area contributed by atoms with Crippen molar-refractivity contribution in [2.24, 2.45) is 5.41 Å². The molecule has 33 heavy (non-hydrogen) atoms. The predicted molar refractivity (Wildman–Crippen MR) is 134 cm³/mol. The third-order valence-electron chi connectivity index (χ3n) is 5.34. The minimum Gasteiger partial charge on any atom is -0.377 e. The Morgan fingerprint density at radius 1 is 1.03 bits per heavy atom. The summed E-state index contributed by atoms with van der Waals surface area (Å²) in [6, 6.07) is 11.2. The van der Waals surface area contributed by atoms with Crippen molar-refractivity contribution in [3.8, 4) is 0 Å². The zero-order chi connectivity index (χ0) is 24.8. The van der Waals surface area contributed by atoms with Gasteiger partial charge >= 0.3 is 6.03 Å². The molecule has 180 valence electrons. The molecule has 0 radical (unpaired) electrons. The molecule has 2 N–H and O–H groups in total. The van der Waals surface area contributed by atoms with Crippen LogP contribution in [-0.4, -0.2) is 37.0 Å². The highest BCUT2D eigenvalue weighted by molar-refractivity contribution is 5.92. The summed E-state index contributed by atoms with van der Waals surface area (Å²) < 4.78 is 13.6. The van der Waals surface area contributed by atoms with Crippen molar-refractivity contribution in [2.45, 2.75) is 60.0 Å². The fourth-order valence-electron chi connectivity index (χ4n) is 3.51. The lowest BCUT2D eigenvalue weighted by Crippen LogP contribution is -2.41. The molecule has 0 fully saturated rings. The molecule has 6 nitrogen and oxygen atoms in total. The van der Waals surface area contributed by atoms with Gasteiger partial charge in [0, 0.05) is 50.2 Å². The number of halogens is 1. The van der Waals surface area contributed by atoms with E-state index in [1.165, 1.54) is 12.1 Å². The number of anilines is 3. The highest BCUT2D eigenvalue weighted by atomic mass is 19.1. The van der Waals surface area contributed by atoms with Crippen LogP contribution in [0.3, 0.4) is 0 Å². The first-order valence-corrected chi connectivity index (χ1v) is 11.3. The van der Waals surface area contributed by atoms with Crippen molar-refractivity contribution in [2.75, 3.05) is 29.6 Å². The Labute approximate surface area is 197 Å². The number of carbonyl (C=O) groups excluding carboxylic acids is 2. The first-order chi connectivity index (χ1) is 15.4. The zero-order valence-electron chi connectivity index (χ0n) is 20.8. The summed E-state index contributed by atoms with van der Waals surface area (Å²) >= 11 is 0. The number of amides is 3. The van der Waals surface area contributed by atoms with Crippen LogP contribution in [-0.2, 0) is 11.3 Å². The van der Waals surface area contributed by atoms with E-state index in [0.717, 1.165) is 17.7 Å². The van der Waals surface area contributed by atoms with Gasteiger partial charge in [0.25, 0.3) is 0 Å². The number of carbonyl (C=O) groups is 2. The molecule has 0 aliphatic rings. The van der Waals surface area contributed by atoms with Crippen molar-refractivity contribution < 1.29 is 14.0 Å². The van der Waals surface area contributed by atoms with Gasteiger partial charge in [-0.3, -0.25) is 4.79 Å². The molecule has 0 spiro atoms. The summed E-state index contributed by atoms with van der Waals surface area (Å²) in [5.41, 5.74) is 2.85. The van der Waals surface area contributed by atoms with E-state index >= 15 is 0 Å². The Morgan fingerprint density at radius 2 is 1.70 bits per heavy atom. The van der Waals surface area contributed by atoms with E-state index in [2.05, 4.69) is 10.6 Å². The number of nitrogens with zero attached hydrogens (tertiary/aromatic N) is 2. The SMILES string of the molecule is CC[C@H](C)N(Cc1cc(NC(=O)CC(C)(C)C)ccc1N(C)C)C(=O)Nc1cccc(F)c1. The van der Waals surface area contributed by atoms with Gasteiger partial charge in [-0.25, -0.2) is 9.18 Å². The number of urea groups is 1. The van der Waals surface area contributed by atoms with Gasteiger partial charge in [-0.1, -0.05) is 33.8 Å². The van der Waals surface area contributed by atoms with E-state index in [9.17, 15) is 14.0 Å². The van der Waals surface area contributed by atoms with Crippen molar-refractivity contribution in [3.63, 3.8) is 0 Å². The van der Waals surface area contributed by atoms with Crippen LogP contribution in [0.1, 0.15) is 53.0 Å². The number of hydrogen-bond acceptors (Lipinski definition) is 3. The van der Waals surface area contributed by atoms with Crippen LogP contribution in [0.4, 0.5) is 26.2 Å². The van der Waals surface area contributed by atoms with Gasteiger partial charge in [0.05, 0.1) is 0 Å². The van der Waals surface area contributed by atoms with Gasteiger partial charge in [0.1, 0.15) is 5.82 Å². The molecule has 3 amide bonds. The maximum absolute atomic E-state index is 13.6. The fourth-order valence-corrected chi connectivity index (χ4v) is 3.51. The largest absolute Gasteiger partial charge is 0.377 e. The van der Waals surface area contributed by atoms with Crippen LogP contribution in [0.5, 0.6) is 0 Å². The molecule has 1 atom stereocenters. The minimum absolute atomic E-state index is 0.0475. The second-order valence-electron chi connectivity index (χ2n) is 9.85. The van der Waals surface area contributed by atoms with E-state index < -0.39 is 5.82 Å². The van der Waals surface area contributed by atoms with Crippen LogP contribution >= 0.6 is 0 Å². The van der Waals surface area contributed by atoms with Crippen LogP contribution < -0.4 is 15.5 Å². The maximum Gasteiger partial charge on any atom is 0.322 e. The fraction of sp³-hybridized carbons (Fsp3) is 0.462. The number of rotatable bonds is 8. The molecule has 2 aromatic rings. The average molecular weight is 457 g/mol. The van der Waals surface area contributed by atoms with Crippen molar-refractivity contribution in [3.05, 3.63) is 53.8 Å². The van der Waals surface area contributed by atoms with Crippen molar-refractivity contribution >= 4 is 29.0 Å². The van der Waals surface area contributed by atoms with Crippen LogP contribution in [0.25, 0.3) is 0 Å². The van der Waals surface area contributed by atoms with Crippen LogP contribution in [0.2, 0.25) is 0 Å². The third-order valence-corrected chi connectivity index (χ3v) is 5.34. The van der Waals surface area contributed by atoms with Gasteiger partial charge in [-0.05, 0) is 60.7 Å². The van der Waals surface area contributed by atoms with E-state index in [4.69, 9.17) is 0 Å². The van der Waals surface area contributed by atoms with Crippen molar-refractivity contribution in [1.29, 1.82) is 0 Å². The highest BCUT2D eigenvalue weighted by Crippen LogP contribution is 2.27. The molecule has 0 heterocycles. The molecule has 0 aromatic heterocycles. The topological polar surface area (TPSA) is 64.7 Å². The Balaban J connectivity index is 2.31. The minimum atomic E-state index is -0.406. The van der Waals surface area contributed by atoms with Gasteiger partial charge in [0.2, 0.25) is 5.91 Å². The van der Waals surface area contributed by atoms with E-state index in [1.807, 2.05) is 71.8 Å². The van der Waals surface area contributed by atoms with Gasteiger partial charge in [-0.2, -0.15) is 0 Å². The molecule has 2 rings (SSSR count). The lowest BCUT2D eigenvalue weighted by molar-refractivity contribution is -0.117. The molecule has 2 aromatic carbocycles. The molecular weight excluding hydrogens is 419 g/mol. The van der Waals surface area contributed by atoms with E-state index in [-0.39, 0.29) is 23.4 Å². The second-order valence-corrected chi connectivity index (χ2v) is 9.85. The summed E-state index contributed by atoms with van der Waals surface area (Å²) in [5.74, 6) is -0.454. The summed E-state index contributed by atoms with van der Waals surface area (Å²) in [5, 5.41) is 5.78. The maximum atomic E-state index is 13.6. The monoisotopic (exact) mass is 456 g/mol. The number of benzene rings is 2. The number of nitrogens with one attached hydrogen (secondary N) is 2. The smallest absolute Gasteiger partial charge is 0.322 e. The van der Waals surface area contributed by atoms with Crippen molar-refractivity contribution in [1.82, 2.24) is 4.90 Å². The summed E-state index contributed by atoms with van der Waals surface area (Å²) in [6.45, 7) is 10.4. The normalized spacial score (nSPS) is 12.1. The first kappa shape index (κ1) is 26.2. The molecule has 0 saturated heterocycles.